The van der Waals surface area contributed by atoms with Crippen molar-refractivity contribution >= 4 is 67.2 Å². The van der Waals surface area contributed by atoms with E-state index >= 15 is 0 Å². The smallest absolute Gasteiger partial charge is 0.129 e. The van der Waals surface area contributed by atoms with Gasteiger partial charge in [0, 0.05) is 39.7 Å². The highest BCUT2D eigenvalue weighted by molar-refractivity contribution is 6.14. The van der Waals surface area contributed by atoms with E-state index in [9.17, 15) is 0 Å². The minimum Gasteiger partial charge on any atom is -0.457 e. The van der Waals surface area contributed by atoms with Gasteiger partial charge in [-0.05, 0) is 93.4 Å². The molecule has 276 valence electrons. The third-order valence-electron chi connectivity index (χ3n) is 9.69. The number of aliphatic imine (C=N–C) groups is 1. The summed E-state index contributed by atoms with van der Waals surface area (Å²) in [4.78, 5) is 5.00. The van der Waals surface area contributed by atoms with E-state index in [0.29, 0.717) is 0 Å². The number of anilines is 4. The van der Waals surface area contributed by atoms with Crippen molar-refractivity contribution in [3.63, 3.8) is 0 Å². The van der Waals surface area contributed by atoms with Crippen LogP contribution in [-0.2, 0) is 0 Å². The van der Waals surface area contributed by atoms with Crippen LogP contribution in [-0.4, -0.2) is 10.4 Å². The summed E-state index contributed by atoms with van der Waals surface area (Å²) in [5, 5.41) is 9.75. The van der Waals surface area contributed by atoms with Crippen molar-refractivity contribution in [2.75, 3.05) is 10.6 Å². The van der Waals surface area contributed by atoms with Gasteiger partial charge in [-0.25, -0.2) is 4.99 Å². The van der Waals surface area contributed by atoms with Crippen molar-refractivity contribution in [2.45, 2.75) is 27.7 Å². The zero-order valence-electron chi connectivity index (χ0n) is 32.4. The van der Waals surface area contributed by atoms with Gasteiger partial charge in [0.1, 0.15) is 17.3 Å². The molecule has 6 aromatic carbocycles. The van der Waals surface area contributed by atoms with Crippen LogP contribution in [0, 0.1) is 6.92 Å². The van der Waals surface area contributed by atoms with E-state index in [1.807, 2.05) is 61.5 Å². The molecule has 1 heterocycles. The lowest BCUT2D eigenvalue weighted by atomic mass is 9.94. The van der Waals surface area contributed by atoms with E-state index in [1.54, 1.807) is 6.08 Å². The Balaban J connectivity index is 1.21. The monoisotopic (exact) mass is 730 g/mol. The van der Waals surface area contributed by atoms with Crippen LogP contribution in [0.3, 0.4) is 0 Å². The first-order chi connectivity index (χ1) is 27.4. The highest BCUT2D eigenvalue weighted by Crippen LogP contribution is 2.39. The number of nitrogens with one attached hydrogen (secondary N) is 2. The Morgan fingerprint density at radius 1 is 0.679 bits per heavy atom. The maximum Gasteiger partial charge on any atom is 0.129 e. The van der Waals surface area contributed by atoms with E-state index in [1.165, 1.54) is 10.9 Å². The van der Waals surface area contributed by atoms with Crippen LogP contribution < -0.4 is 15.4 Å². The molecule has 7 rings (SSSR count). The van der Waals surface area contributed by atoms with Gasteiger partial charge in [-0.2, -0.15) is 0 Å². The van der Waals surface area contributed by atoms with Gasteiger partial charge in [-0.3, -0.25) is 4.57 Å². The zero-order chi connectivity index (χ0) is 39.0. The van der Waals surface area contributed by atoms with Crippen LogP contribution in [0.5, 0.6) is 11.5 Å². The fourth-order valence-corrected chi connectivity index (χ4v) is 7.07. The van der Waals surface area contributed by atoms with Crippen molar-refractivity contribution in [3.8, 4) is 11.5 Å². The Morgan fingerprint density at radius 3 is 2.09 bits per heavy atom. The third-order valence-corrected chi connectivity index (χ3v) is 9.69. The number of benzene rings is 6. The molecule has 5 heteroatoms. The number of hydrogen-bond donors (Lipinski definition) is 2. The molecule has 0 aliphatic rings. The van der Waals surface area contributed by atoms with Gasteiger partial charge in [0.05, 0.1) is 33.8 Å². The van der Waals surface area contributed by atoms with Gasteiger partial charge < -0.3 is 15.4 Å². The SMILES string of the molecule is C=C/C=C(\C=C)c1cccc(C(/C=C\C)=C/C)c1Nc1ccccc1Nc1cccc(Oc2ccc3c4ccccc4n(C(C)=Nc4ccc(C)cc4)c3c2)c1. The molecule has 0 amide bonds. The number of nitrogens with zero attached hydrogens (tertiary/aromatic N) is 2. The fraction of sp³-hybridized carbons (Fsp3) is 0.0784. The maximum atomic E-state index is 6.56. The molecule has 5 nitrogen and oxygen atoms in total. The van der Waals surface area contributed by atoms with Crippen LogP contribution in [0.15, 0.2) is 188 Å². The molecule has 0 radical (unpaired) electrons. The van der Waals surface area contributed by atoms with Gasteiger partial charge in [0.25, 0.3) is 0 Å². The molecule has 0 bridgehead atoms. The molecule has 0 aliphatic heterocycles. The summed E-state index contributed by atoms with van der Waals surface area (Å²) in [6.45, 7) is 16.3. The number of ether oxygens (including phenoxy) is 1. The molecule has 0 saturated carbocycles. The van der Waals surface area contributed by atoms with Crippen molar-refractivity contribution in [3.05, 3.63) is 200 Å². The summed E-state index contributed by atoms with van der Waals surface area (Å²) in [5.41, 5.74) is 12.2. The van der Waals surface area contributed by atoms with Crippen molar-refractivity contribution < 1.29 is 4.74 Å². The van der Waals surface area contributed by atoms with Crippen LogP contribution in [0.4, 0.5) is 28.4 Å². The predicted molar refractivity (Wildman–Crippen MR) is 242 cm³/mol. The van der Waals surface area contributed by atoms with E-state index in [-0.39, 0.29) is 0 Å². The van der Waals surface area contributed by atoms with Crippen LogP contribution in [0.25, 0.3) is 33.0 Å². The predicted octanol–water partition coefficient (Wildman–Crippen LogP) is 14.7. The molecule has 2 N–H and O–H groups in total. The lowest BCUT2D eigenvalue weighted by molar-refractivity contribution is 0.483. The van der Waals surface area contributed by atoms with Crippen LogP contribution in [0.2, 0.25) is 0 Å². The number of fused-ring (bicyclic) bond motifs is 3. The van der Waals surface area contributed by atoms with Gasteiger partial charge in [0.15, 0.2) is 0 Å². The molecule has 0 spiro atoms. The van der Waals surface area contributed by atoms with Crippen molar-refractivity contribution in [1.29, 1.82) is 0 Å². The molecule has 0 unspecified atom stereocenters. The molecule has 1 aromatic heterocycles. The minimum atomic E-state index is 0.717. The van der Waals surface area contributed by atoms with Crippen molar-refractivity contribution in [1.82, 2.24) is 4.57 Å². The van der Waals surface area contributed by atoms with Gasteiger partial charge in [-0.15, -0.1) is 0 Å². The van der Waals surface area contributed by atoms with Crippen LogP contribution in [0.1, 0.15) is 37.5 Å². The van der Waals surface area contributed by atoms with Gasteiger partial charge in [-0.1, -0.05) is 122 Å². The summed E-state index contributed by atoms with van der Waals surface area (Å²) >= 11 is 0. The second-order valence-corrected chi connectivity index (χ2v) is 13.5. The topological polar surface area (TPSA) is 50.6 Å². The first-order valence-electron chi connectivity index (χ1n) is 18.8. The fourth-order valence-electron chi connectivity index (χ4n) is 7.07. The van der Waals surface area contributed by atoms with Gasteiger partial charge in [0.2, 0.25) is 0 Å². The molecule has 56 heavy (non-hydrogen) atoms. The van der Waals surface area contributed by atoms with Crippen molar-refractivity contribution in [2.24, 2.45) is 4.99 Å². The Labute approximate surface area is 330 Å². The van der Waals surface area contributed by atoms with Crippen LogP contribution >= 0.6 is 0 Å². The lowest BCUT2D eigenvalue weighted by Crippen LogP contribution is -2.06. The Morgan fingerprint density at radius 2 is 1.36 bits per heavy atom. The van der Waals surface area contributed by atoms with E-state index < -0.39 is 0 Å². The van der Waals surface area contributed by atoms with Gasteiger partial charge >= 0.3 is 0 Å². The Hall–Kier alpha value is -7.11. The maximum absolute atomic E-state index is 6.56. The number of hydrogen-bond acceptors (Lipinski definition) is 4. The summed E-state index contributed by atoms with van der Waals surface area (Å²) in [6.07, 6.45) is 12.0. The lowest BCUT2D eigenvalue weighted by Gasteiger charge is -2.21. The second-order valence-electron chi connectivity index (χ2n) is 13.5. The quantitative estimate of drug-likeness (QED) is 0.0748. The number of allylic oxidation sites excluding steroid dienone is 8. The number of aryl methyl sites for hydroxylation is 1. The Kier molecular flexibility index (Phi) is 11.2. The third kappa shape index (κ3) is 7.89. The number of para-hydroxylation sites is 4. The highest BCUT2D eigenvalue weighted by atomic mass is 16.5. The molecule has 7 aromatic rings. The Bertz CT molecular complexity index is 2690. The summed E-state index contributed by atoms with van der Waals surface area (Å²) in [5.74, 6) is 2.33. The minimum absolute atomic E-state index is 0.717. The molecule has 0 aliphatic carbocycles. The largest absolute Gasteiger partial charge is 0.457 e. The average Bonchev–Trinajstić information content (AvgIpc) is 3.54. The molecular weight excluding hydrogens is 685 g/mol. The molecular formula is C51H46N4O. The van der Waals surface area contributed by atoms with E-state index in [4.69, 9.17) is 9.73 Å². The van der Waals surface area contributed by atoms with E-state index in [2.05, 4.69) is 158 Å². The first-order valence-corrected chi connectivity index (χ1v) is 18.8. The number of aromatic nitrogens is 1. The summed E-state index contributed by atoms with van der Waals surface area (Å²) in [7, 11) is 0. The standard InChI is InChI=1S/C51H46N4O/c1-7-17-37(9-3)43-22-16-23-44(38(10-4)18-8-2)51(43)54-48-25-13-12-24-47(48)53-40-19-15-20-41(33-40)56-42-31-32-46-45-21-11-14-26-49(45)55(50(46)34-42)36(6)52-39-29-27-35(5)28-30-39/h7-34,53-54H,1,3H2,2,4-6H3/b18-8-,37-17+,38-10+,52-36?. The second kappa shape index (κ2) is 16.9. The number of rotatable bonds is 12. The summed E-state index contributed by atoms with van der Waals surface area (Å²) < 4.78 is 8.78. The molecule has 0 saturated heterocycles. The summed E-state index contributed by atoms with van der Waals surface area (Å²) in [6, 6.07) is 45.6. The zero-order valence-corrected chi connectivity index (χ0v) is 32.4. The normalized spacial score (nSPS) is 12.3. The molecule has 0 fully saturated rings. The highest BCUT2D eigenvalue weighted by Gasteiger charge is 2.16. The molecule has 0 atom stereocenters. The average molecular weight is 731 g/mol. The van der Waals surface area contributed by atoms with E-state index in [0.717, 1.165) is 84.5 Å². The first kappa shape index (κ1) is 37.2.